The molecule has 19 heavy (non-hydrogen) atoms. The maximum atomic E-state index is 12.9. The number of carbonyl (C=O) groups is 1. The first-order valence-corrected chi connectivity index (χ1v) is 5.74. The third kappa shape index (κ3) is 3.45. The topological polar surface area (TPSA) is 67.2 Å². The second-order valence-electron chi connectivity index (χ2n) is 4.18. The predicted molar refractivity (Wildman–Crippen MR) is 74.6 cm³/mol. The summed E-state index contributed by atoms with van der Waals surface area (Å²) in [5.41, 5.74) is 7.92. The SMILES string of the molecule is Cc1ccc(NC(=O)Nc2ccc(F)cc2N)cc1. The second-order valence-corrected chi connectivity index (χ2v) is 4.18. The molecule has 0 fully saturated rings. The normalized spacial score (nSPS) is 10.0. The highest BCUT2D eigenvalue weighted by molar-refractivity contribution is 6.01. The lowest BCUT2D eigenvalue weighted by Gasteiger charge is -2.09. The van der Waals surface area contributed by atoms with E-state index in [0.29, 0.717) is 11.4 Å². The number of hydrogen-bond acceptors (Lipinski definition) is 2. The van der Waals surface area contributed by atoms with Gasteiger partial charge in [0, 0.05) is 5.69 Å². The van der Waals surface area contributed by atoms with Gasteiger partial charge in [0.15, 0.2) is 0 Å². The Labute approximate surface area is 110 Å². The minimum Gasteiger partial charge on any atom is -0.397 e. The van der Waals surface area contributed by atoms with E-state index in [0.717, 1.165) is 11.6 Å². The van der Waals surface area contributed by atoms with E-state index in [9.17, 15) is 9.18 Å². The molecule has 0 aliphatic heterocycles. The van der Waals surface area contributed by atoms with Crippen molar-refractivity contribution in [3.8, 4) is 0 Å². The standard InChI is InChI=1S/C14H14FN3O/c1-9-2-5-11(6-3-9)17-14(19)18-13-7-4-10(15)8-12(13)16/h2-8H,16H2,1H3,(H2,17,18,19). The summed E-state index contributed by atoms with van der Waals surface area (Å²) in [6, 6.07) is 10.7. The molecule has 0 aromatic heterocycles. The number of halogens is 1. The van der Waals surface area contributed by atoms with Crippen LogP contribution in [0, 0.1) is 12.7 Å². The Morgan fingerprint density at radius 3 is 2.42 bits per heavy atom. The molecule has 98 valence electrons. The van der Waals surface area contributed by atoms with Crippen molar-refractivity contribution < 1.29 is 9.18 Å². The summed E-state index contributed by atoms with van der Waals surface area (Å²) in [6.45, 7) is 1.96. The van der Waals surface area contributed by atoms with E-state index >= 15 is 0 Å². The summed E-state index contributed by atoms with van der Waals surface area (Å²) in [4.78, 5) is 11.7. The molecule has 0 spiro atoms. The molecule has 0 atom stereocenters. The monoisotopic (exact) mass is 259 g/mol. The quantitative estimate of drug-likeness (QED) is 0.724. The number of nitrogens with one attached hydrogen (secondary N) is 2. The van der Waals surface area contributed by atoms with E-state index in [1.165, 1.54) is 12.1 Å². The Morgan fingerprint density at radius 1 is 1.11 bits per heavy atom. The maximum Gasteiger partial charge on any atom is 0.323 e. The fraction of sp³-hybridized carbons (Fsp3) is 0.0714. The molecular weight excluding hydrogens is 245 g/mol. The molecule has 0 aliphatic rings. The Morgan fingerprint density at radius 2 is 1.79 bits per heavy atom. The average molecular weight is 259 g/mol. The molecule has 0 bridgehead atoms. The van der Waals surface area contributed by atoms with E-state index in [2.05, 4.69) is 10.6 Å². The van der Waals surface area contributed by atoms with Gasteiger partial charge in [-0.2, -0.15) is 0 Å². The molecule has 0 unspecified atom stereocenters. The second kappa shape index (κ2) is 5.39. The van der Waals surface area contributed by atoms with Crippen LogP contribution in [0.3, 0.4) is 0 Å². The van der Waals surface area contributed by atoms with Gasteiger partial charge >= 0.3 is 6.03 Å². The van der Waals surface area contributed by atoms with Gasteiger partial charge in [-0.05, 0) is 37.3 Å². The van der Waals surface area contributed by atoms with Crippen LogP contribution in [0.25, 0.3) is 0 Å². The molecule has 2 aromatic carbocycles. The summed E-state index contributed by atoms with van der Waals surface area (Å²) in [7, 11) is 0. The Hall–Kier alpha value is -2.56. The van der Waals surface area contributed by atoms with E-state index in [1.807, 2.05) is 19.1 Å². The zero-order valence-corrected chi connectivity index (χ0v) is 10.4. The summed E-state index contributed by atoms with van der Waals surface area (Å²) < 4.78 is 12.9. The first-order chi connectivity index (χ1) is 9.04. The van der Waals surface area contributed by atoms with E-state index in [4.69, 9.17) is 5.73 Å². The number of amides is 2. The molecule has 4 N–H and O–H groups in total. The van der Waals surface area contributed by atoms with Crippen LogP contribution >= 0.6 is 0 Å². The number of urea groups is 1. The van der Waals surface area contributed by atoms with Gasteiger partial charge in [-0.15, -0.1) is 0 Å². The molecule has 0 radical (unpaired) electrons. The van der Waals surface area contributed by atoms with Gasteiger partial charge in [-0.3, -0.25) is 0 Å². The van der Waals surface area contributed by atoms with Crippen molar-refractivity contribution >= 4 is 23.1 Å². The van der Waals surface area contributed by atoms with Gasteiger partial charge < -0.3 is 16.4 Å². The van der Waals surface area contributed by atoms with Gasteiger partial charge in [0.2, 0.25) is 0 Å². The van der Waals surface area contributed by atoms with Crippen LogP contribution in [-0.2, 0) is 0 Å². The van der Waals surface area contributed by atoms with Crippen LogP contribution in [0.1, 0.15) is 5.56 Å². The number of benzene rings is 2. The lowest BCUT2D eigenvalue weighted by Crippen LogP contribution is -2.20. The maximum absolute atomic E-state index is 12.9. The van der Waals surface area contributed by atoms with Crippen LogP contribution < -0.4 is 16.4 Å². The first-order valence-electron chi connectivity index (χ1n) is 5.74. The van der Waals surface area contributed by atoms with Crippen LogP contribution in [0.5, 0.6) is 0 Å². The van der Waals surface area contributed by atoms with Crippen molar-refractivity contribution in [1.82, 2.24) is 0 Å². The fourth-order valence-corrected chi connectivity index (χ4v) is 1.57. The van der Waals surface area contributed by atoms with Crippen molar-refractivity contribution in [2.75, 3.05) is 16.4 Å². The zero-order chi connectivity index (χ0) is 13.8. The molecule has 2 amide bonds. The number of rotatable bonds is 2. The minimum absolute atomic E-state index is 0.180. The summed E-state index contributed by atoms with van der Waals surface area (Å²) in [5.74, 6) is -0.443. The average Bonchev–Trinajstić information content (AvgIpc) is 2.36. The largest absolute Gasteiger partial charge is 0.397 e. The molecule has 0 heterocycles. The Kier molecular flexibility index (Phi) is 3.66. The van der Waals surface area contributed by atoms with E-state index < -0.39 is 11.8 Å². The van der Waals surface area contributed by atoms with Crippen molar-refractivity contribution in [2.24, 2.45) is 0 Å². The number of aryl methyl sites for hydroxylation is 1. The van der Waals surface area contributed by atoms with Gasteiger partial charge in [0.1, 0.15) is 5.82 Å². The number of nitrogens with two attached hydrogens (primary N) is 1. The molecule has 4 nitrogen and oxygen atoms in total. The van der Waals surface area contributed by atoms with Crippen molar-refractivity contribution in [3.63, 3.8) is 0 Å². The van der Waals surface area contributed by atoms with Crippen LogP contribution in [0.2, 0.25) is 0 Å². The van der Waals surface area contributed by atoms with Gasteiger partial charge in [0.25, 0.3) is 0 Å². The predicted octanol–water partition coefficient (Wildman–Crippen LogP) is 3.36. The molecule has 0 aliphatic carbocycles. The Bertz CT molecular complexity index is 596. The molecule has 2 rings (SSSR count). The first kappa shape index (κ1) is 12.9. The number of nitrogen functional groups attached to an aromatic ring is 1. The van der Waals surface area contributed by atoms with Crippen LogP contribution in [0.4, 0.5) is 26.2 Å². The Balaban J connectivity index is 2.03. The summed E-state index contributed by atoms with van der Waals surface area (Å²) in [6.07, 6.45) is 0. The third-order valence-corrected chi connectivity index (χ3v) is 2.57. The molecule has 0 saturated carbocycles. The van der Waals surface area contributed by atoms with Crippen molar-refractivity contribution in [2.45, 2.75) is 6.92 Å². The lowest BCUT2D eigenvalue weighted by atomic mass is 10.2. The van der Waals surface area contributed by atoms with Crippen LogP contribution in [0.15, 0.2) is 42.5 Å². The summed E-state index contributed by atoms with van der Waals surface area (Å²) in [5, 5.41) is 5.22. The molecular formula is C14H14FN3O. The number of carbonyl (C=O) groups excluding carboxylic acids is 1. The highest BCUT2D eigenvalue weighted by atomic mass is 19.1. The number of anilines is 3. The summed E-state index contributed by atoms with van der Waals surface area (Å²) >= 11 is 0. The smallest absolute Gasteiger partial charge is 0.323 e. The molecule has 0 saturated heterocycles. The van der Waals surface area contributed by atoms with E-state index in [-0.39, 0.29) is 5.69 Å². The van der Waals surface area contributed by atoms with Crippen molar-refractivity contribution in [1.29, 1.82) is 0 Å². The van der Waals surface area contributed by atoms with Gasteiger partial charge in [0.05, 0.1) is 11.4 Å². The zero-order valence-electron chi connectivity index (χ0n) is 10.4. The van der Waals surface area contributed by atoms with Gasteiger partial charge in [-0.25, -0.2) is 9.18 Å². The molecule has 5 heteroatoms. The molecule has 2 aromatic rings. The highest BCUT2D eigenvalue weighted by Gasteiger charge is 2.06. The number of hydrogen-bond donors (Lipinski definition) is 3. The van der Waals surface area contributed by atoms with Crippen molar-refractivity contribution in [3.05, 3.63) is 53.8 Å². The highest BCUT2D eigenvalue weighted by Crippen LogP contribution is 2.19. The lowest BCUT2D eigenvalue weighted by molar-refractivity contribution is 0.262. The van der Waals surface area contributed by atoms with Gasteiger partial charge in [-0.1, -0.05) is 17.7 Å². The van der Waals surface area contributed by atoms with E-state index in [1.54, 1.807) is 12.1 Å². The van der Waals surface area contributed by atoms with Crippen LogP contribution in [-0.4, -0.2) is 6.03 Å². The third-order valence-electron chi connectivity index (χ3n) is 2.57. The minimum atomic E-state index is -0.443. The fourth-order valence-electron chi connectivity index (χ4n) is 1.57.